The Morgan fingerprint density at radius 3 is 2.88 bits per heavy atom. The molecule has 4 aromatic rings. The zero-order valence-electron chi connectivity index (χ0n) is 18.7. The molecule has 1 aliphatic heterocycles. The summed E-state index contributed by atoms with van der Waals surface area (Å²) in [6.45, 7) is 5.63. The summed E-state index contributed by atoms with van der Waals surface area (Å²) < 4.78 is 22.6. The van der Waals surface area contributed by atoms with Crippen LogP contribution in [-0.4, -0.2) is 53.5 Å². The van der Waals surface area contributed by atoms with Crippen molar-refractivity contribution in [3.05, 3.63) is 62.9 Å². The van der Waals surface area contributed by atoms with Gasteiger partial charge in [0.25, 0.3) is 5.91 Å². The quantitative estimate of drug-likeness (QED) is 0.386. The van der Waals surface area contributed by atoms with E-state index in [-0.39, 0.29) is 23.5 Å². The van der Waals surface area contributed by atoms with E-state index in [2.05, 4.69) is 25.0 Å². The Morgan fingerprint density at radius 2 is 2.12 bits per heavy atom. The third kappa shape index (κ3) is 3.98. The molecule has 0 aliphatic carbocycles. The third-order valence-corrected chi connectivity index (χ3v) is 6.65. The van der Waals surface area contributed by atoms with Crippen molar-refractivity contribution < 1.29 is 13.9 Å². The second kappa shape index (κ2) is 8.88. The van der Waals surface area contributed by atoms with Gasteiger partial charge in [0.05, 0.1) is 23.3 Å². The summed E-state index contributed by atoms with van der Waals surface area (Å²) in [6.07, 6.45) is 4.13. The molecule has 5 heterocycles. The molecule has 0 saturated heterocycles. The highest BCUT2D eigenvalue weighted by molar-refractivity contribution is 7.16. The molecule has 1 atom stereocenters. The maximum absolute atomic E-state index is 15.2. The Balaban J connectivity index is 1.52. The smallest absolute Gasteiger partial charge is 0.261 e. The van der Waals surface area contributed by atoms with E-state index in [4.69, 9.17) is 16.3 Å². The Kier molecular flexibility index (Phi) is 5.90. The van der Waals surface area contributed by atoms with Crippen LogP contribution in [0.4, 0.5) is 4.39 Å². The number of aryl methyl sites for hydroxylation is 3. The summed E-state index contributed by atoms with van der Waals surface area (Å²) in [7, 11) is 0. The number of nitrogens with zero attached hydrogens (tertiary/aromatic N) is 7. The van der Waals surface area contributed by atoms with Gasteiger partial charge in [0.1, 0.15) is 22.6 Å². The maximum Gasteiger partial charge on any atom is 0.261 e. The van der Waals surface area contributed by atoms with Gasteiger partial charge in [-0.1, -0.05) is 18.3 Å². The van der Waals surface area contributed by atoms with Gasteiger partial charge in [0, 0.05) is 19.2 Å². The molecule has 12 heteroatoms. The summed E-state index contributed by atoms with van der Waals surface area (Å²) in [4.78, 5) is 32.8. The summed E-state index contributed by atoms with van der Waals surface area (Å²) in [5.74, 6) is -0.426. The fraction of sp³-hybridized carbons (Fsp3) is 0.364. The van der Waals surface area contributed by atoms with Crippen LogP contribution in [-0.2, 0) is 17.6 Å². The Hall–Kier alpha value is -3.18. The first-order valence-corrected chi connectivity index (χ1v) is 12.0. The Morgan fingerprint density at radius 1 is 1.29 bits per heavy atom. The summed E-state index contributed by atoms with van der Waals surface area (Å²) >= 11 is 7.32. The van der Waals surface area contributed by atoms with Gasteiger partial charge in [-0.15, -0.1) is 0 Å². The summed E-state index contributed by atoms with van der Waals surface area (Å²) in [6, 6.07) is 0.628. The number of rotatable bonds is 5. The maximum atomic E-state index is 15.2. The third-order valence-electron chi connectivity index (χ3n) is 5.65. The average Bonchev–Trinajstić information content (AvgIpc) is 3.33. The molecule has 0 N–H and O–H groups in total. The van der Waals surface area contributed by atoms with E-state index in [0.29, 0.717) is 47.0 Å². The second-order valence-corrected chi connectivity index (χ2v) is 9.47. The summed E-state index contributed by atoms with van der Waals surface area (Å²) in [5.41, 5.74) is 2.88. The van der Waals surface area contributed by atoms with Crippen LogP contribution in [0.2, 0.25) is 5.28 Å². The number of carbonyl (C=O) groups is 1. The van der Waals surface area contributed by atoms with Gasteiger partial charge >= 0.3 is 0 Å². The molecule has 0 fully saturated rings. The second-order valence-electron chi connectivity index (χ2n) is 7.97. The largest absolute Gasteiger partial charge is 0.480 e. The molecular formula is C22H21ClFN7O2S. The molecule has 1 aliphatic rings. The van der Waals surface area contributed by atoms with E-state index in [0.717, 1.165) is 10.7 Å². The number of amides is 1. The van der Waals surface area contributed by atoms with Crippen molar-refractivity contribution in [1.82, 2.24) is 34.4 Å². The van der Waals surface area contributed by atoms with Crippen molar-refractivity contribution in [2.24, 2.45) is 0 Å². The minimum absolute atomic E-state index is 0.114. The van der Waals surface area contributed by atoms with Crippen molar-refractivity contribution in [3.8, 4) is 5.75 Å². The van der Waals surface area contributed by atoms with E-state index in [1.165, 1.54) is 23.6 Å². The number of fused-ring (bicyclic) bond motifs is 3. The zero-order valence-corrected chi connectivity index (χ0v) is 20.3. The van der Waals surface area contributed by atoms with Gasteiger partial charge in [0.15, 0.2) is 12.4 Å². The highest BCUT2D eigenvalue weighted by Gasteiger charge is 2.39. The van der Waals surface area contributed by atoms with Crippen molar-refractivity contribution in [1.29, 1.82) is 0 Å². The van der Waals surface area contributed by atoms with Crippen molar-refractivity contribution in [2.45, 2.75) is 39.7 Å². The van der Waals surface area contributed by atoms with Crippen LogP contribution in [0.1, 0.15) is 46.3 Å². The standard InChI is InChI=1S/C22H21ClFN7O2S/c1-4-14-16(9-26-21(23)27-14)33-10-17(32)30-6-5-15-19(31-22(28-15)34-12(3)29-31)20(30)18-13(24)7-11(2)8-25-18/h7-9,20H,4-6,10H2,1-3H3/t20-/m1/s1. The number of ether oxygens (including phenoxy) is 1. The molecule has 0 saturated carbocycles. The van der Waals surface area contributed by atoms with Crippen LogP contribution in [0.25, 0.3) is 4.96 Å². The topological polar surface area (TPSA) is 98.4 Å². The lowest BCUT2D eigenvalue weighted by Crippen LogP contribution is -2.44. The van der Waals surface area contributed by atoms with Gasteiger partial charge in [-0.05, 0) is 43.5 Å². The molecule has 5 rings (SSSR count). The van der Waals surface area contributed by atoms with Crippen molar-refractivity contribution in [2.75, 3.05) is 13.2 Å². The molecular weight excluding hydrogens is 481 g/mol. The highest BCUT2D eigenvalue weighted by atomic mass is 35.5. The molecule has 176 valence electrons. The van der Waals surface area contributed by atoms with Crippen LogP contribution in [0.5, 0.6) is 5.75 Å². The molecule has 0 radical (unpaired) electrons. The van der Waals surface area contributed by atoms with Gasteiger partial charge in [-0.3, -0.25) is 9.78 Å². The first kappa shape index (κ1) is 22.6. The zero-order chi connectivity index (χ0) is 24.0. The van der Waals surface area contributed by atoms with E-state index in [1.807, 2.05) is 13.8 Å². The van der Waals surface area contributed by atoms with E-state index >= 15 is 4.39 Å². The number of hydrogen-bond acceptors (Lipinski definition) is 8. The number of carbonyl (C=O) groups excluding carboxylic acids is 1. The van der Waals surface area contributed by atoms with Crippen molar-refractivity contribution >= 4 is 33.8 Å². The predicted octanol–water partition coefficient (Wildman–Crippen LogP) is 3.50. The first-order chi connectivity index (χ1) is 16.4. The molecule has 4 aromatic heterocycles. The molecule has 34 heavy (non-hydrogen) atoms. The number of halogens is 2. The Bertz CT molecular complexity index is 1410. The first-order valence-electron chi connectivity index (χ1n) is 10.8. The van der Waals surface area contributed by atoms with Gasteiger partial charge in [0.2, 0.25) is 10.2 Å². The number of imidazole rings is 1. The fourth-order valence-corrected chi connectivity index (χ4v) is 5.05. The summed E-state index contributed by atoms with van der Waals surface area (Å²) in [5, 5.41) is 5.49. The molecule has 0 bridgehead atoms. The predicted molar refractivity (Wildman–Crippen MR) is 124 cm³/mol. The molecule has 0 aromatic carbocycles. The van der Waals surface area contributed by atoms with Crippen LogP contribution >= 0.6 is 22.9 Å². The minimum Gasteiger partial charge on any atom is -0.480 e. The number of pyridine rings is 1. The van der Waals surface area contributed by atoms with Gasteiger partial charge < -0.3 is 9.64 Å². The molecule has 0 unspecified atom stereocenters. The van der Waals surface area contributed by atoms with Gasteiger partial charge in [-0.2, -0.15) is 5.10 Å². The average molecular weight is 502 g/mol. The number of hydrogen-bond donors (Lipinski definition) is 0. The monoisotopic (exact) mass is 501 g/mol. The molecule has 0 spiro atoms. The Labute approximate surface area is 203 Å². The number of aromatic nitrogens is 6. The normalized spacial score (nSPS) is 15.6. The van der Waals surface area contributed by atoms with Crippen LogP contribution in [0.3, 0.4) is 0 Å². The van der Waals surface area contributed by atoms with E-state index in [1.54, 1.807) is 22.5 Å². The highest BCUT2D eigenvalue weighted by Crippen LogP contribution is 2.37. The van der Waals surface area contributed by atoms with Crippen LogP contribution in [0, 0.1) is 19.7 Å². The lowest BCUT2D eigenvalue weighted by atomic mass is 9.98. The molecule has 9 nitrogen and oxygen atoms in total. The van der Waals surface area contributed by atoms with Crippen LogP contribution < -0.4 is 4.74 Å². The minimum atomic E-state index is -0.788. The lowest BCUT2D eigenvalue weighted by molar-refractivity contribution is -0.135. The van der Waals surface area contributed by atoms with E-state index in [9.17, 15) is 4.79 Å². The SMILES string of the molecule is CCc1nc(Cl)ncc1OCC(=O)N1CCc2nc3sc(C)nn3c2[C@H]1c1ncc(C)cc1F. The fourth-order valence-electron chi connectivity index (χ4n) is 4.13. The van der Waals surface area contributed by atoms with Crippen LogP contribution in [0.15, 0.2) is 18.5 Å². The van der Waals surface area contributed by atoms with E-state index < -0.39 is 11.9 Å². The van der Waals surface area contributed by atoms with Gasteiger partial charge in [-0.25, -0.2) is 23.9 Å². The van der Waals surface area contributed by atoms with Crippen molar-refractivity contribution in [3.63, 3.8) is 0 Å². The lowest BCUT2D eigenvalue weighted by Gasteiger charge is -2.35. The molecule has 1 amide bonds.